The molecule has 2 heteroatoms. The number of hydrogen-bond acceptors (Lipinski definition) is 1. The van der Waals surface area contributed by atoms with Gasteiger partial charge in [-0.2, -0.15) is 0 Å². The highest BCUT2D eigenvalue weighted by Crippen LogP contribution is 2.46. The minimum Gasteiger partial charge on any atom is -0.309 e. The van der Waals surface area contributed by atoms with Crippen LogP contribution in [0.2, 0.25) is 0 Å². The zero-order valence-electron chi connectivity index (χ0n) is 18.5. The predicted octanol–water partition coefficient (Wildman–Crippen LogP) is 7.38. The molecule has 0 bridgehead atoms. The summed E-state index contributed by atoms with van der Waals surface area (Å²) in [5, 5.41) is 12.1. The van der Waals surface area contributed by atoms with Crippen LogP contribution in [0.3, 0.4) is 0 Å². The topological polar surface area (TPSA) is 17.1 Å². The standard InChI is InChI=1S/C32H21OP/c33-34(27-12-2-1-3-13-27,30-15-7-9-22-8-4-5-14-29(22)30)28-20-25-18-16-23-10-6-11-24-17-19-26(21-28)32(25)31(23)24/h1-21H. The molecule has 0 aliphatic carbocycles. The third-order valence-electron chi connectivity index (χ3n) is 7.04. The van der Waals surface area contributed by atoms with Gasteiger partial charge >= 0.3 is 0 Å². The molecule has 7 aromatic carbocycles. The minimum absolute atomic E-state index is 0.860. The van der Waals surface area contributed by atoms with E-state index in [1.807, 2.05) is 54.6 Å². The van der Waals surface area contributed by atoms with Crippen molar-refractivity contribution >= 4 is 66.1 Å². The first-order chi connectivity index (χ1) is 16.7. The first kappa shape index (κ1) is 19.5. The van der Waals surface area contributed by atoms with E-state index in [0.29, 0.717) is 0 Å². The molecule has 0 N–H and O–H groups in total. The van der Waals surface area contributed by atoms with E-state index in [1.165, 1.54) is 21.5 Å². The van der Waals surface area contributed by atoms with Crippen molar-refractivity contribution in [2.24, 2.45) is 0 Å². The smallest absolute Gasteiger partial charge is 0.171 e. The van der Waals surface area contributed by atoms with Crippen molar-refractivity contribution < 1.29 is 4.57 Å². The van der Waals surface area contributed by atoms with Crippen LogP contribution < -0.4 is 15.9 Å². The highest BCUT2D eigenvalue weighted by atomic mass is 31.2. The zero-order chi connectivity index (χ0) is 22.7. The Morgan fingerprint density at radius 2 is 0.941 bits per heavy atom. The van der Waals surface area contributed by atoms with E-state index in [-0.39, 0.29) is 0 Å². The predicted molar refractivity (Wildman–Crippen MR) is 147 cm³/mol. The van der Waals surface area contributed by atoms with E-state index in [1.54, 1.807) is 0 Å². The summed E-state index contributed by atoms with van der Waals surface area (Å²) >= 11 is 0. The third kappa shape index (κ3) is 2.71. The SMILES string of the molecule is O=P(c1ccccc1)(c1cc2ccc3cccc4ccc(c1)c2c34)c1cccc2ccccc12. The summed E-state index contributed by atoms with van der Waals surface area (Å²) in [6.07, 6.45) is 0. The molecule has 1 nitrogen and oxygen atoms in total. The molecule has 34 heavy (non-hydrogen) atoms. The summed E-state index contributed by atoms with van der Waals surface area (Å²) in [5.41, 5.74) is 0. The quantitative estimate of drug-likeness (QED) is 0.202. The van der Waals surface area contributed by atoms with Gasteiger partial charge in [-0.15, -0.1) is 0 Å². The number of rotatable bonds is 3. The van der Waals surface area contributed by atoms with E-state index in [0.717, 1.165) is 37.5 Å². The third-order valence-corrected chi connectivity index (χ3v) is 10.1. The minimum atomic E-state index is -3.14. The molecule has 1 atom stereocenters. The van der Waals surface area contributed by atoms with E-state index in [2.05, 4.69) is 72.8 Å². The van der Waals surface area contributed by atoms with Crippen LogP contribution in [0.5, 0.6) is 0 Å². The van der Waals surface area contributed by atoms with Crippen molar-refractivity contribution in [3.8, 4) is 0 Å². The molecular formula is C32H21OP. The van der Waals surface area contributed by atoms with Gasteiger partial charge in [-0.3, -0.25) is 0 Å². The molecule has 0 aliphatic heterocycles. The van der Waals surface area contributed by atoms with E-state index in [9.17, 15) is 0 Å². The molecule has 0 aliphatic rings. The second-order valence-electron chi connectivity index (χ2n) is 8.92. The zero-order valence-corrected chi connectivity index (χ0v) is 19.4. The van der Waals surface area contributed by atoms with Crippen molar-refractivity contribution in [3.63, 3.8) is 0 Å². The Hall–Kier alpha value is -3.93. The Morgan fingerprint density at radius 1 is 0.412 bits per heavy atom. The van der Waals surface area contributed by atoms with Crippen LogP contribution in [0.15, 0.2) is 127 Å². The summed E-state index contributed by atoms with van der Waals surface area (Å²) < 4.78 is 15.4. The van der Waals surface area contributed by atoms with Crippen LogP contribution in [-0.2, 0) is 4.57 Å². The van der Waals surface area contributed by atoms with Crippen LogP contribution in [0.1, 0.15) is 0 Å². The summed E-state index contributed by atoms with van der Waals surface area (Å²) in [6, 6.07) is 43.8. The lowest BCUT2D eigenvalue weighted by molar-refractivity contribution is 0.592. The van der Waals surface area contributed by atoms with Gasteiger partial charge in [-0.25, -0.2) is 0 Å². The first-order valence-electron chi connectivity index (χ1n) is 11.6. The lowest BCUT2D eigenvalue weighted by Crippen LogP contribution is -2.25. The van der Waals surface area contributed by atoms with Gasteiger partial charge in [-0.05, 0) is 55.2 Å². The summed E-state index contributed by atoms with van der Waals surface area (Å²) in [6.45, 7) is 0. The highest BCUT2D eigenvalue weighted by Gasteiger charge is 2.32. The molecule has 160 valence electrons. The van der Waals surface area contributed by atoms with Crippen molar-refractivity contribution in [1.82, 2.24) is 0 Å². The molecule has 7 rings (SSSR count). The summed E-state index contributed by atoms with van der Waals surface area (Å²) in [5.74, 6) is 0. The van der Waals surface area contributed by atoms with Crippen LogP contribution in [0.25, 0.3) is 43.1 Å². The van der Waals surface area contributed by atoms with Crippen LogP contribution >= 0.6 is 7.14 Å². The first-order valence-corrected chi connectivity index (χ1v) is 13.3. The van der Waals surface area contributed by atoms with Crippen LogP contribution in [0.4, 0.5) is 0 Å². The summed E-state index contributed by atoms with van der Waals surface area (Å²) in [4.78, 5) is 0. The van der Waals surface area contributed by atoms with E-state index < -0.39 is 7.14 Å². The Labute approximate surface area is 198 Å². The lowest BCUT2D eigenvalue weighted by Gasteiger charge is -2.23. The number of hydrogen-bond donors (Lipinski definition) is 0. The normalized spacial score (nSPS) is 13.6. The fourth-order valence-corrected chi connectivity index (χ4v) is 8.39. The van der Waals surface area contributed by atoms with Gasteiger partial charge in [0.25, 0.3) is 0 Å². The highest BCUT2D eigenvalue weighted by molar-refractivity contribution is 7.85. The van der Waals surface area contributed by atoms with Crippen molar-refractivity contribution in [2.45, 2.75) is 0 Å². The monoisotopic (exact) mass is 452 g/mol. The molecule has 7 aromatic rings. The molecule has 0 fully saturated rings. The van der Waals surface area contributed by atoms with Crippen molar-refractivity contribution in [1.29, 1.82) is 0 Å². The molecule has 0 heterocycles. The average molecular weight is 452 g/mol. The van der Waals surface area contributed by atoms with Gasteiger partial charge in [-0.1, -0.05) is 115 Å². The second-order valence-corrected chi connectivity index (χ2v) is 11.7. The largest absolute Gasteiger partial charge is 0.309 e. The van der Waals surface area contributed by atoms with Crippen LogP contribution in [-0.4, -0.2) is 0 Å². The molecule has 1 unspecified atom stereocenters. The molecule has 0 saturated heterocycles. The maximum Gasteiger partial charge on any atom is 0.171 e. The molecule has 0 amide bonds. The second kappa shape index (κ2) is 7.29. The average Bonchev–Trinajstić information content (AvgIpc) is 2.91. The van der Waals surface area contributed by atoms with E-state index >= 15 is 4.57 Å². The molecule has 0 aromatic heterocycles. The Bertz CT molecular complexity index is 1820. The van der Waals surface area contributed by atoms with Gasteiger partial charge in [0, 0.05) is 15.9 Å². The Balaban J connectivity index is 1.61. The molecular weight excluding hydrogens is 431 g/mol. The maximum absolute atomic E-state index is 15.4. The van der Waals surface area contributed by atoms with Gasteiger partial charge in [0.1, 0.15) is 0 Å². The van der Waals surface area contributed by atoms with Crippen molar-refractivity contribution in [2.75, 3.05) is 0 Å². The van der Waals surface area contributed by atoms with Gasteiger partial charge in [0.2, 0.25) is 0 Å². The molecule has 0 radical (unpaired) electrons. The molecule has 0 spiro atoms. The fourth-order valence-electron chi connectivity index (χ4n) is 5.47. The fraction of sp³-hybridized carbons (Fsp3) is 0. The maximum atomic E-state index is 15.4. The Kier molecular flexibility index (Phi) is 4.19. The molecule has 0 saturated carbocycles. The summed E-state index contributed by atoms with van der Waals surface area (Å²) in [7, 11) is -3.14. The number of benzene rings is 7. The van der Waals surface area contributed by atoms with Gasteiger partial charge < -0.3 is 4.57 Å². The lowest BCUT2D eigenvalue weighted by atomic mass is 9.94. The number of fused-ring (bicyclic) bond motifs is 1. The van der Waals surface area contributed by atoms with Crippen molar-refractivity contribution in [3.05, 3.63) is 127 Å². The Morgan fingerprint density at radius 3 is 1.68 bits per heavy atom. The van der Waals surface area contributed by atoms with E-state index in [4.69, 9.17) is 0 Å². The van der Waals surface area contributed by atoms with Gasteiger partial charge in [0.05, 0.1) is 0 Å². The van der Waals surface area contributed by atoms with Crippen LogP contribution in [0, 0.1) is 0 Å². The van der Waals surface area contributed by atoms with Gasteiger partial charge in [0.15, 0.2) is 7.14 Å².